The lowest BCUT2D eigenvalue weighted by molar-refractivity contribution is 0.0732. The van der Waals surface area contributed by atoms with Crippen LogP contribution in [0, 0.1) is 11.3 Å². The number of nitrogens with zero attached hydrogens (tertiary/aromatic N) is 3. The quantitative estimate of drug-likeness (QED) is 0.448. The summed E-state index contributed by atoms with van der Waals surface area (Å²) in [7, 11) is 3.67. The van der Waals surface area contributed by atoms with Crippen LogP contribution in [0.4, 0.5) is 0 Å². The number of aliphatic imine (C=N–C) groups is 1. The van der Waals surface area contributed by atoms with E-state index >= 15 is 0 Å². The largest absolute Gasteiger partial charge is 0.385 e. The van der Waals surface area contributed by atoms with Crippen molar-refractivity contribution in [3.8, 4) is 0 Å². The Morgan fingerprint density at radius 2 is 2.14 bits per heavy atom. The second-order valence-corrected chi connectivity index (χ2v) is 9.65. The molecule has 0 spiro atoms. The number of likely N-dealkylation sites (tertiary alicyclic amines) is 1. The van der Waals surface area contributed by atoms with Gasteiger partial charge in [-0.3, -0.25) is 9.89 Å². The molecule has 1 aliphatic heterocycles. The Kier molecular flexibility index (Phi) is 8.75. The van der Waals surface area contributed by atoms with Crippen molar-refractivity contribution in [3.05, 3.63) is 16.1 Å². The minimum absolute atomic E-state index is 0.409. The Morgan fingerprint density at radius 3 is 2.72 bits per heavy atom. The fourth-order valence-corrected chi connectivity index (χ4v) is 5.14. The molecule has 2 fully saturated rings. The van der Waals surface area contributed by atoms with Gasteiger partial charge in [-0.05, 0) is 62.9 Å². The third-order valence-electron chi connectivity index (χ3n) is 6.66. The first-order valence-corrected chi connectivity index (χ1v) is 12.1. The summed E-state index contributed by atoms with van der Waals surface area (Å²) in [5.41, 5.74) is 1.65. The van der Waals surface area contributed by atoms with E-state index in [0.717, 1.165) is 64.0 Å². The van der Waals surface area contributed by atoms with Gasteiger partial charge in [0.1, 0.15) is 0 Å². The summed E-state index contributed by atoms with van der Waals surface area (Å²) < 4.78 is 5.31. The molecular weight excluding hydrogens is 382 g/mol. The normalized spacial score (nSPS) is 20.4. The van der Waals surface area contributed by atoms with E-state index in [4.69, 9.17) is 9.72 Å². The Hall–Kier alpha value is -1.18. The van der Waals surface area contributed by atoms with E-state index in [1.165, 1.54) is 42.8 Å². The Balaban J connectivity index is 1.34. The standard InChI is InChI=1S/C22H39N5OS/c1-4-20-26-19(16-29-20)15-27-11-6-18(7-12-27)14-24-21(23-2)25-17-22(8-5-9-22)10-13-28-3/h16,18H,4-15,17H2,1-3H3,(H2,23,24,25). The second-order valence-electron chi connectivity index (χ2n) is 8.71. The van der Waals surface area contributed by atoms with Crippen molar-refractivity contribution in [1.29, 1.82) is 0 Å². The zero-order valence-corrected chi connectivity index (χ0v) is 19.3. The number of hydrogen-bond donors (Lipinski definition) is 2. The number of piperidine rings is 1. The number of rotatable bonds is 10. The number of methoxy groups -OCH3 is 1. The van der Waals surface area contributed by atoms with Crippen LogP contribution in [-0.4, -0.2) is 62.8 Å². The van der Waals surface area contributed by atoms with Crippen molar-refractivity contribution in [2.24, 2.45) is 16.3 Å². The van der Waals surface area contributed by atoms with Crippen LogP contribution >= 0.6 is 11.3 Å². The molecule has 0 aromatic carbocycles. The molecule has 7 heteroatoms. The third kappa shape index (κ3) is 6.66. The van der Waals surface area contributed by atoms with Gasteiger partial charge in [0.25, 0.3) is 0 Å². The number of guanidine groups is 1. The summed E-state index contributed by atoms with van der Waals surface area (Å²) in [5.74, 6) is 1.67. The SMILES string of the molecule is CCc1nc(CN2CCC(CNC(=NC)NCC3(CCOC)CCC3)CC2)cs1. The van der Waals surface area contributed by atoms with E-state index in [1.54, 1.807) is 18.4 Å². The van der Waals surface area contributed by atoms with Gasteiger partial charge >= 0.3 is 0 Å². The Labute approximate surface area is 180 Å². The summed E-state index contributed by atoms with van der Waals surface area (Å²) in [6.07, 6.45) is 8.62. The number of aromatic nitrogens is 1. The lowest BCUT2D eigenvalue weighted by Gasteiger charge is -2.42. The van der Waals surface area contributed by atoms with Crippen LogP contribution in [0.2, 0.25) is 0 Å². The lowest BCUT2D eigenvalue weighted by Crippen LogP contribution is -2.48. The van der Waals surface area contributed by atoms with Crippen LogP contribution in [0.1, 0.15) is 56.2 Å². The third-order valence-corrected chi connectivity index (χ3v) is 7.70. The number of aryl methyl sites for hydroxylation is 1. The molecule has 6 nitrogen and oxygen atoms in total. The predicted molar refractivity (Wildman–Crippen MR) is 122 cm³/mol. The van der Waals surface area contributed by atoms with Crippen molar-refractivity contribution in [2.45, 2.75) is 58.4 Å². The number of hydrogen-bond acceptors (Lipinski definition) is 5. The molecule has 3 rings (SSSR count). The van der Waals surface area contributed by atoms with Crippen molar-refractivity contribution < 1.29 is 4.74 Å². The molecule has 2 N–H and O–H groups in total. The second kappa shape index (κ2) is 11.3. The lowest BCUT2D eigenvalue weighted by atomic mass is 9.67. The smallest absolute Gasteiger partial charge is 0.191 e. The average Bonchev–Trinajstić information content (AvgIpc) is 3.17. The molecule has 1 saturated heterocycles. The van der Waals surface area contributed by atoms with Crippen molar-refractivity contribution in [3.63, 3.8) is 0 Å². The average molecular weight is 422 g/mol. The van der Waals surface area contributed by atoms with E-state index < -0.39 is 0 Å². The van der Waals surface area contributed by atoms with Gasteiger partial charge in [0.05, 0.1) is 10.7 Å². The summed E-state index contributed by atoms with van der Waals surface area (Å²) in [6, 6.07) is 0. The molecular formula is C22H39N5OS. The summed E-state index contributed by atoms with van der Waals surface area (Å²) in [5, 5.41) is 10.6. The van der Waals surface area contributed by atoms with Crippen LogP contribution in [-0.2, 0) is 17.7 Å². The fourth-order valence-electron chi connectivity index (χ4n) is 4.41. The monoisotopic (exact) mass is 421 g/mol. The highest BCUT2D eigenvalue weighted by Crippen LogP contribution is 2.43. The number of thiazole rings is 1. The molecule has 0 radical (unpaired) electrons. The van der Waals surface area contributed by atoms with E-state index in [2.05, 4.69) is 32.8 Å². The molecule has 0 amide bonds. The van der Waals surface area contributed by atoms with Crippen molar-refractivity contribution >= 4 is 17.3 Å². The van der Waals surface area contributed by atoms with Gasteiger partial charge in [0.15, 0.2) is 5.96 Å². The molecule has 1 aliphatic carbocycles. The van der Waals surface area contributed by atoms with Gasteiger partial charge in [-0.1, -0.05) is 13.3 Å². The maximum Gasteiger partial charge on any atom is 0.191 e. The van der Waals surface area contributed by atoms with Crippen molar-refractivity contribution in [2.75, 3.05) is 46.9 Å². The highest BCUT2D eigenvalue weighted by atomic mass is 32.1. The molecule has 0 unspecified atom stereocenters. The van der Waals surface area contributed by atoms with Gasteiger partial charge in [0, 0.05) is 45.8 Å². The van der Waals surface area contributed by atoms with Crippen LogP contribution in [0.3, 0.4) is 0 Å². The zero-order chi connectivity index (χ0) is 20.5. The number of ether oxygens (including phenoxy) is 1. The fraction of sp³-hybridized carbons (Fsp3) is 0.818. The summed E-state index contributed by atoms with van der Waals surface area (Å²) >= 11 is 1.79. The predicted octanol–water partition coefficient (Wildman–Crippen LogP) is 3.29. The van der Waals surface area contributed by atoms with Gasteiger partial charge in [-0.15, -0.1) is 11.3 Å². The van der Waals surface area contributed by atoms with Gasteiger partial charge < -0.3 is 15.4 Å². The van der Waals surface area contributed by atoms with E-state index in [0.29, 0.717) is 5.41 Å². The Morgan fingerprint density at radius 1 is 1.34 bits per heavy atom. The van der Waals surface area contributed by atoms with E-state index in [9.17, 15) is 0 Å². The van der Waals surface area contributed by atoms with Crippen LogP contribution in [0.25, 0.3) is 0 Å². The van der Waals surface area contributed by atoms with Gasteiger partial charge in [-0.25, -0.2) is 4.98 Å². The van der Waals surface area contributed by atoms with E-state index in [-0.39, 0.29) is 0 Å². The molecule has 0 bridgehead atoms. The van der Waals surface area contributed by atoms with Crippen LogP contribution in [0.5, 0.6) is 0 Å². The summed E-state index contributed by atoms with van der Waals surface area (Å²) in [6.45, 7) is 8.37. The first-order chi connectivity index (χ1) is 14.2. The van der Waals surface area contributed by atoms with Crippen LogP contribution < -0.4 is 10.6 Å². The molecule has 0 atom stereocenters. The zero-order valence-electron chi connectivity index (χ0n) is 18.5. The molecule has 164 valence electrons. The summed E-state index contributed by atoms with van der Waals surface area (Å²) in [4.78, 5) is 11.7. The molecule has 2 heterocycles. The van der Waals surface area contributed by atoms with Gasteiger partial charge in [-0.2, -0.15) is 0 Å². The minimum atomic E-state index is 0.409. The Bertz CT molecular complexity index is 635. The molecule has 29 heavy (non-hydrogen) atoms. The topological polar surface area (TPSA) is 61.8 Å². The van der Waals surface area contributed by atoms with Gasteiger partial charge in [0.2, 0.25) is 0 Å². The molecule has 1 saturated carbocycles. The highest BCUT2D eigenvalue weighted by Gasteiger charge is 2.36. The van der Waals surface area contributed by atoms with E-state index in [1.807, 2.05) is 7.05 Å². The first kappa shape index (κ1) is 22.5. The highest BCUT2D eigenvalue weighted by molar-refractivity contribution is 7.09. The van der Waals surface area contributed by atoms with Crippen molar-refractivity contribution in [1.82, 2.24) is 20.5 Å². The molecule has 1 aromatic rings. The minimum Gasteiger partial charge on any atom is -0.385 e. The number of nitrogens with one attached hydrogen (secondary N) is 2. The van der Waals surface area contributed by atoms with Crippen LogP contribution in [0.15, 0.2) is 10.4 Å². The maximum atomic E-state index is 5.31. The molecule has 1 aromatic heterocycles. The first-order valence-electron chi connectivity index (χ1n) is 11.3. The maximum absolute atomic E-state index is 5.31. The molecule has 2 aliphatic rings.